The van der Waals surface area contributed by atoms with Gasteiger partial charge in [-0.2, -0.15) is 0 Å². The number of amides is 3. The molecule has 3 heterocycles. The van der Waals surface area contributed by atoms with Crippen molar-refractivity contribution in [3.8, 4) is 5.88 Å². The molecule has 2 aliphatic heterocycles. The van der Waals surface area contributed by atoms with E-state index < -0.39 is 17.7 Å². The van der Waals surface area contributed by atoms with E-state index in [-0.39, 0.29) is 17.3 Å². The van der Waals surface area contributed by atoms with Crippen LogP contribution in [0.25, 0.3) is 0 Å². The quantitative estimate of drug-likeness (QED) is 0.633. The van der Waals surface area contributed by atoms with Gasteiger partial charge in [-0.3, -0.25) is 19.8 Å². The highest BCUT2D eigenvalue weighted by atomic mass is 16.5. The number of aromatic nitrogens is 1. The Balaban J connectivity index is 1.63. The van der Waals surface area contributed by atoms with Crippen molar-refractivity contribution in [3.05, 3.63) is 42.6 Å². The van der Waals surface area contributed by atoms with Crippen LogP contribution >= 0.6 is 0 Å². The minimum absolute atomic E-state index is 0.0531. The number of carbonyl (C=O) groups excluding carboxylic acids is 3. The van der Waals surface area contributed by atoms with Gasteiger partial charge in [-0.15, -0.1) is 0 Å². The van der Waals surface area contributed by atoms with Crippen molar-refractivity contribution in [1.29, 1.82) is 5.41 Å². The van der Waals surface area contributed by atoms with E-state index in [1.165, 1.54) is 13.3 Å². The highest BCUT2D eigenvalue weighted by Gasteiger charge is 2.37. The van der Waals surface area contributed by atoms with Crippen LogP contribution in [-0.4, -0.2) is 54.3 Å². The Morgan fingerprint density at radius 2 is 1.79 bits per heavy atom. The smallest absolute Gasteiger partial charge is 0.273 e. The molecule has 10 nitrogen and oxygen atoms in total. The first-order chi connectivity index (χ1) is 16.4. The van der Waals surface area contributed by atoms with Crippen LogP contribution in [0.3, 0.4) is 0 Å². The molecule has 34 heavy (non-hydrogen) atoms. The van der Waals surface area contributed by atoms with Crippen LogP contribution in [0.2, 0.25) is 0 Å². The maximum Gasteiger partial charge on any atom is 0.273 e. The van der Waals surface area contributed by atoms with Gasteiger partial charge in [0.15, 0.2) is 0 Å². The van der Waals surface area contributed by atoms with Gasteiger partial charge in [0.25, 0.3) is 11.8 Å². The zero-order valence-corrected chi connectivity index (χ0v) is 18.9. The molecule has 10 heteroatoms. The summed E-state index contributed by atoms with van der Waals surface area (Å²) < 4.78 is 5.05. The summed E-state index contributed by atoms with van der Waals surface area (Å²) in [5, 5.41) is 8.12. The van der Waals surface area contributed by atoms with Gasteiger partial charge in [0.05, 0.1) is 24.9 Å². The summed E-state index contributed by atoms with van der Waals surface area (Å²) in [5.41, 5.74) is 6.88. The zero-order valence-electron chi connectivity index (χ0n) is 18.9. The number of benzene rings is 1. The van der Waals surface area contributed by atoms with Crippen molar-refractivity contribution < 1.29 is 19.1 Å². The minimum Gasteiger partial charge on any atom is -0.481 e. The van der Waals surface area contributed by atoms with Crippen LogP contribution in [0.15, 0.2) is 47.6 Å². The van der Waals surface area contributed by atoms with Crippen LogP contribution < -0.4 is 20.3 Å². The molecule has 3 amide bonds. The number of carbonyl (C=O) groups is 3. The molecule has 0 bridgehead atoms. The first-order valence-corrected chi connectivity index (χ1v) is 11.1. The van der Waals surface area contributed by atoms with Crippen molar-refractivity contribution in [3.63, 3.8) is 0 Å². The maximum atomic E-state index is 13.5. The summed E-state index contributed by atoms with van der Waals surface area (Å²) in [6, 6.07) is 10.5. The molecule has 1 unspecified atom stereocenters. The number of ether oxygens (including phenoxy) is 1. The number of nitrogens with one attached hydrogen (secondary N) is 1. The lowest BCUT2D eigenvalue weighted by Crippen LogP contribution is -2.50. The molecule has 2 aliphatic rings. The molecule has 0 aliphatic carbocycles. The van der Waals surface area contributed by atoms with E-state index in [0.717, 1.165) is 18.5 Å². The fraction of sp³-hybridized carbons (Fsp3) is 0.333. The van der Waals surface area contributed by atoms with Crippen molar-refractivity contribution >= 4 is 46.2 Å². The van der Waals surface area contributed by atoms with Crippen molar-refractivity contribution in [1.82, 2.24) is 4.98 Å². The average molecular weight is 463 g/mol. The number of hydrogen-bond acceptors (Lipinski definition) is 7. The van der Waals surface area contributed by atoms with Crippen LogP contribution in [0.4, 0.5) is 17.1 Å². The van der Waals surface area contributed by atoms with E-state index in [2.05, 4.69) is 9.98 Å². The van der Waals surface area contributed by atoms with Gasteiger partial charge in [0.2, 0.25) is 11.8 Å². The van der Waals surface area contributed by atoms with E-state index in [9.17, 15) is 14.4 Å². The average Bonchev–Trinajstić information content (AvgIpc) is 2.85. The van der Waals surface area contributed by atoms with Crippen LogP contribution in [0.1, 0.15) is 25.7 Å². The number of aliphatic imine (C=N–C) groups is 1. The molecule has 2 fully saturated rings. The SMILES string of the molecule is COc1ccc(N=C2C(=O)N(c3ccc(N4CCCCC4=O)cc3)CCC2C(=N)C(N)=O)cn1. The van der Waals surface area contributed by atoms with Gasteiger partial charge >= 0.3 is 0 Å². The molecule has 1 atom stereocenters. The molecule has 2 aromatic rings. The number of primary amides is 1. The van der Waals surface area contributed by atoms with Crippen molar-refractivity contribution in [2.24, 2.45) is 16.6 Å². The van der Waals surface area contributed by atoms with Crippen molar-refractivity contribution in [2.45, 2.75) is 25.7 Å². The van der Waals surface area contributed by atoms with Crippen LogP contribution in [0.5, 0.6) is 5.88 Å². The lowest BCUT2D eigenvalue weighted by Gasteiger charge is -2.33. The van der Waals surface area contributed by atoms with Gasteiger partial charge in [0.1, 0.15) is 11.4 Å². The second-order valence-corrected chi connectivity index (χ2v) is 8.15. The predicted octanol–water partition coefficient (Wildman–Crippen LogP) is 2.24. The van der Waals surface area contributed by atoms with Gasteiger partial charge in [0, 0.05) is 37.0 Å². The third-order valence-electron chi connectivity index (χ3n) is 6.03. The number of hydrogen-bond donors (Lipinski definition) is 2. The predicted molar refractivity (Wildman–Crippen MR) is 128 cm³/mol. The molecule has 0 spiro atoms. The molecule has 176 valence electrons. The normalized spacial score (nSPS) is 19.9. The number of piperidine rings is 2. The second kappa shape index (κ2) is 9.82. The largest absolute Gasteiger partial charge is 0.481 e. The molecule has 1 aromatic carbocycles. The molecule has 0 radical (unpaired) electrons. The van der Waals surface area contributed by atoms with Gasteiger partial charge < -0.3 is 20.3 Å². The minimum atomic E-state index is -0.887. The third kappa shape index (κ3) is 4.66. The molecular weight excluding hydrogens is 436 g/mol. The number of methoxy groups -OCH3 is 1. The van der Waals surface area contributed by atoms with Crippen LogP contribution in [-0.2, 0) is 14.4 Å². The highest BCUT2D eigenvalue weighted by molar-refractivity contribution is 6.54. The first-order valence-electron chi connectivity index (χ1n) is 11.1. The lowest BCUT2D eigenvalue weighted by molar-refractivity contribution is -0.119. The Labute approximate surface area is 196 Å². The Hall–Kier alpha value is -4.08. The molecule has 3 N–H and O–H groups in total. The van der Waals surface area contributed by atoms with Gasteiger partial charge in [-0.1, -0.05) is 0 Å². The summed E-state index contributed by atoms with van der Waals surface area (Å²) in [6.07, 6.45) is 4.18. The number of pyridine rings is 1. The highest BCUT2D eigenvalue weighted by Crippen LogP contribution is 2.29. The van der Waals surface area contributed by atoms with Crippen LogP contribution in [0, 0.1) is 11.3 Å². The monoisotopic (exact) mass is 462 g/mol. The summed E-state index contributed by atoms with van der Waals surface area (Å²) in [7, 11) is 1.49. The Morgan fingerprint density at radius 1 is 1.09 bits per heavy atom. The Kier molecular flexibility index (Phi) is 6.67. The number of anilines is 2. The van der Waals surface area contributed by atoms with E-state index >= 15 is 0 Å². The Bertz CT molecular complexity index is 1140. The molecule has 0 saturated carbocycles. The van der Waals surface area contributed by atoms with E-state index in [0.29, 0.717) is 43.2 Å². The maximum absolute atomic E-state index is 13.5. The lowest BCUT2D eigenvalue weighted by atomic mass is 9.88. The number of nitrogens with zero attached hydrogens (tertiary/aromatic N) is 4. The second-order valence-electron chi connectivity index (χ2n) is 8.15. The fourth-order valence-electron chi connectivity index (χ4n) is 4.20. The molecule has 4 rings (SSSR count). The number of rotatable bonds is 6. The van der Waals surface area contributed by atoms with E-state index in [1.807, 2.05) is 12.1 Å². The molecule has 2 saturated heterocycles. The van der Waals surface area contributed by atoms with Gasteiger partial charge in [-0.25, -0.2) is 9.98 Å². The summed E-state index contributed by atoms with van der Waals surface area (Å²) in [5.74, 6) is -1.62. The van der Waals surface area contributed by atoms with Crippen molar-refractivity contribution in [2.75, 3.05) is 30.0 Å². The van der Waals surface area contributed by atoms with E-state index in [1.54, 1.807) is 34.1 Å². The zero-order chi connectivity index (χ0) is 24.2. The molecular formula is C24H26N6O4. The molecule has 1 aromatic heterocycles. The summed E-state index contributed by atoms with van der Waals surface area (Å²) in [6.45, 7) is 0.978. The third-order valence-corrected chi connectivity index (χ3v) is 6.03. The standard InChI is InChI=1S/C24H26N6O4/c1-34-19-10-5-15(14-27-19)28-22-18(21(25)23(26)32)11-13-30(24(22)33)17-8-6-16(7-9-17)29-12-3-2-4-20(29)31/h5-10,14,18,25H,2-4,11-13H2,1H3,(H2,26,32). The summed E-state index contributed by atoms with van der Waals surface area (Å²) >= 11 is 0. The van der Waals surface area contributed by atoms with E-state index in [4.69, 9.17) is 15.9 Å². The summed E-state index contributed by atoms with van der Waals surface area (Å²) in [4.78, 5) is 49.3. The first kappa shape index (κ1) is 23.1. The Morgan fingerprint density at radius 3 is 2.38 bits per heavy atom. The number of nitrogens with two attached hydrogens (primary N) is 1. The fourth-order valence-corrected chi connectivity index (χ4v) is 4.20. The topological polar surface area (TPSA) is 142 Å². The van der Waals surface area contributed by atoms with Gasteiger partial charge in [-0.05, 0) is 49.6 Å².